The molecular formula is C9H16N2O3. The molecule has 2 fully saturated rings. The Labute approximate surface area is 82.8 Å². The van der Waals surface area contributed by atoms with Gasteiger partial charge in [-0.05, 0) is 12.8 Å². The lowest BCUT2D eigenvalue weighted by atomic mass is 9.79. The van der Waals surface area contributed by atoms with Gasteiger partial charge in [0.15, 0.2) is 0 Å². The summed E-state index contributed by atoms with van der Waals surface area (Å²) in [6.07, 6.45) is 0.527. The van der Waals surface area contributed by atoms with Gasteiger partial charge in [0.2, 0.25) is 5.91 Å². The summed E-state index contributed by atoms with van der Waals surface area (Å²) >= 11 is 0. The molecule has 1 heterocycles. The van der Waals surface area contributed by atoms with Crippen LogP contribution in [0.3, 0.4) is 0 Å². The van der Waals surface area contributed by atoms with Crippen LogP contribution < -0.4 is 10.6 Å². The minimum Gasteiger partial charge on any atom is -0.390 e. The molecule has 0 aromatic rings. The standard InChI is InChI=1S/C9H16N2O3/c1-14-8-3-6-5(2-7(8)12)9(13)11-4-10-6/h5-8,10,12H,2-4H2,1H3,(H,11,13). The second-order valence-corrected chi connectivity index (χ2v) is 3.95. The number of aliphatic hydroxyl groups is 1. The number of rotatable bonds is 1. The molecule has 4 atom stereocenters. The molecule has 2 aliphatic rings. The number of hydrogen-bond donors (Lipinski definition) is 3. The van der Waals surface area contributed by atoms with E-state index in [1.165, 1.54) is 0 Å². The average Bonchev–Trinajstić information content (AvgIpc) is 2.19. The highest BCUT2D eigenvalue weighted by Crippen LogP contribution is 2.28. The minimum atomic E-state index is -0.521. The maximum atomic E-state index is 11.5. The van der Waals surface area contributed by atoms with Crippen LogP contribution in [0.15, 0.2) is 0 Å². The highest BCUT2D eigenvalue weighted by Gasteiger charge is 2.41. The molecule has 1 saturated carbocycles. The Morgan fingerprint density at radius 1 is 1.50 bits per heavy atom. The van der Waals surface area contributed by atoms with E-state index in [0.717, 1.165) is 0 Å². The summed E-state index contributed by atoms with van der Waals surface area (Å²) in [7, 11) is 1.59. The molecule has 1 aliphatic heterocycles. The molecule has 2 rings (SSSR count). The van der Waals surface area contributed by atoms with Crippen molar-refractivity contribution in [3.63, 3.8) is 0 Å². The van der Waals surface area contributed by atoms with E-state index in [-0.39, 0.29) is 24.0 Å². The molecule has 3 N–H and O–H groups in total. The van der Waals surface area contributed by atoms with Gasteiger partial charge in [0.25, 0.3) is 0 Å². The van der Waals surface area contributed by atoms with E-state index < -0.39 is 6.10 Å². The molecule has 0 spiro atoms. The lowest BCUT2D eigenvalue weighted by Gasteiger charge is -2.41. The first kappa shape index (κ1) is 9.89. The van der Waals surface area contributed by atoms with Crippen molar-refractivity contribution in [2.24, 2.45) is 5.92 Å². The SMILES string of the molecule is COC1CC2NCNC(=O)C2CC1O. The van der Waals surface area contributed by atoms with Gasteiger partial charge in [-0.2, -0.15) is 0 Å². The summed E-state index contributed by atoms with van der Waals surface area (Å²) in [5.74, 6) is -0.0625. The number of methoxy groups -OCH3 is 1. The van der Waals surface area contributed by atoms with Crippen LogP contribution in [0.4, 0.5) is 0 Å². The number of aliphatic hydroxyl groups excluding tert-OH is 1. The highest BCUT2D eigenvalue weighted by atomic mass is 16.5. The molecule has 1 saturated heterocycles. The summed E-state index contributed by atoms with van der Waals surface area (Å²) in [6.45, 7) is 0.520. The van der Waals surface area contributed by atoms with E-state index in [4.69, 9.17) is 4.74 Å². The molecule has 0 radical (unpaired) electrons. The van der Waals surface area contributed by atoms with Crippen molar-refractivity contribution in [2.45, 2.75) is 31.1 Å². The zero-order valence-corrected chi connectivity index (χ0v) is 8.19. The molecular weight excluding hydrogens is 184 g/mol. The number of fused-ring (bicyclic) bond motifs is 1. The van der Waals surface area contributed by atoms with Gasteiger partial charge in [0.1, 0.15) is 0 Å². The van der Waals surface area contributed by atoms with Crippen molar-refractivity contribution >= 4 is 5.91 Å². The number of carbonyl (C=O) groups is 1. The fourth-order valence-electron chi connectivity index (χ4n) is 2.32. The maximum Gasteiger partial charge on any atom is 0.225 e. The number of ether oxygens (including phenoxy) is 1. The van der Waals surface area contributed by atoms with Gasteiger partial charge in [0.05, 0.1) is 24.8 Å². The predicted molar refractivity (Wildman–Crippen MR) is 49.5 cm³/mol. The van der Waals surface area contributed by atoms with Crippen LogP contribution in [0.5, 0.6) is 0 Å². The molecule has 0 aromatic carbocycles. The number of carbonyl (C=O) groups excluding carboxylic acids is 1. The highest BCUT2D eigenvalue weighted by molar-refractivity contribution is 5.80. The van der Waals surface area contributed by atoms with Gasteiger partial charge in [-0.1, -0.05) is 0 Å². The second kappa shape index (κ2) is 3.84. The van der Waals surface area contributed by atoms with Crippen molar-refractivity contribution in [3.8, 4) is 0 Å². The van der Waals surface area contributed by atoms with Crippen molar-refractivity contribution in [2.75, 3.05) is 13.8 Å². The van der Waals surface area contributed by atoms with Gasteiger partial charge in [-0.15, -0.1) is 0 Å². The monoisotopic (exact) mass is 200 g/mol. The summed E-state index contributed by atoms with van der Waals surface area (Å²) in [5, 5.41) is 15.6. The van der Waals surface area contributed by atoms with Crippen molar-refractivity contribution in [1.82, 2.24) is 10.6 Å². The summed E-state index contributed by atoms with van der Waals surface area (Å²) in [4.78, 5) is 11.5. The quantitative estimate of drug-likeness (QED) is 0.498. The Bertz CT molecular complexity index is 234. The molecule has 4 unspecified atom stereocenters. The molecule has 1 aliphatic carbocycles. The first-order valence-corrected chi connectivity index (χ1v) is 4.94. The van der Waals surface area contributed by atoms with E-state index in [1.54, 1.807) is 7.11 Å². The van der Waals surface area contributed by atoms with E-state index in [2.05, 4.69) is 10.6 Å². The fraction of sp³-hybridized carbons (Fsp3) is 0.889. The van der Waals surface area contributed by atoms with E-state index in [0.29, 0.717) is 19.5 Å². The second-order valence-electron chi connectivity index (χ2n) is 3.95. The van der Waals surface area contributed by atoms with Crippen LogP contribution in [0.2, 0.25) is 0 Å². The van der Waals surface area contributed by atoms with Crippen LogP contribution >= 0.6 is 0 Å². The third kappa shape index (κ3) is 1.63. The van der Waals surface area contributed by atoms with Gasteiger partial charge in [-0.25, -0.2) is 0 Å². The third-order valence-corrected chi connectivity index (χ3v) is 3.16. The van der Waals surface area contributed by atoms with Crippen molar-refractivity contribution < 1.29 is 14.6 Å². The van der Waals surface area contributed by atoms with Crippen LogP contribution in [-0.2, 0) is 9.53 Å². The molecule has 14 heavy (non-hydrogen) atoms. The molecule has 5 nitrogen and oxygen atoms in total. The van der Waals surface area contributed by atoms with Crippen molar-refractivity contribution in [3.05, 3.63) is 0 Å². The fourth-order valence-corrected chi connectivity index (χ4v) is 2.32. The Hall–Kier alpha value is -0.650. The molecule has 5 heteroatoms. The first-order valence-electron chi connectivity index (χ1n) is 4.94. The van der Waals surface area contributed by atoms with Crippen LogP contribution in [-0.4, -0.2) is 43.0 Å². The van der Waals surface area contributed by atoms with Crippen LogP contribution in [0, 0.1) is 5.92 Å². The van der Waals surface area contributed by atoms with Gasteiger partial charge >= 0.3 is 0 Å². The number of hydrogen-bond acceptors (Lipinski definition) is 4. The molecule has 1 amide bonds. The van der Waals surface area contributed by atoms with Gasteiger partial charge in [0, 0.05) is 13.2 Å². The van der Waals surface area contributed by atoms with Crippen LogP contribution in [0.1, 0.15) is 12.8 Å². The predicted octanol–water partition coefficient (Wildman–Crippen LogP) is -1.18. The largest absolute Gasteiger partial charge is 0.390 e. The Kier molecular flexibility index (Phi) is 2.71. The lowest BCUT2D eigenvalue weighted by molar-refractivity contribution is -0.135. The zero-order valence-electron chi connectivity index (χ0n) is 8.19. The third-order valence-electron chi connectivity index (χ3n) is 3.16. The smallest absolute Gasteiger partial charge is 0.225 e. The zero-order chi connectivity index (χ0) is 10.1. The molecule has 0 aromatic heterocycles. The summed E-state index contributed by atoms with van der Waals surface area (Å²) in [6, 6.07) is 0.150. The average molecular weight is 200 g/mol. The van der Waals surface area contributed by atoms with Crippen LogP contribution in [0.25, 0.3) is 0 Å². The molecule has 80 valence electrons. The normalized spacial score (nSPS) is 42.9. The van der Waals surface area contributed by atoms with Gasteiger partial charge in [-0.3, -0.25) is 10.1 Å². The van der Waals surface area contributed by atoms with E-state index in [1.807, 2.05) is 0 Å². The van der Waals surface area contributed by atoms with Crippen molar-refractivity contribution in [1.29, 1.82) is 0 Å². The van der Waals surface area contributed by atoms with E-state index >= 15 is 0 Å². The first-order chi connectivity index (χ1) is 6.72. The minimum absolute atomic E-state index is 0.0438. The van der Waals surface area contributed by atoms with Gasteiger partial charge < -0.3 is 15.2 Å². The topological polar surface area (TPSA) is 70.6 Å². The Morgan fingerprint density at radius 3 is 3.00 bits per heavy atom. The lowest BCUT2D eigenvalue weighted by Crippen LogP contribution is -2.60. The van der Waals surface area contributed by atoms with E-state index in [9.17, 15) is 9.90 Å². The molecule has 0 bridgehead atoms. The number of nitrogens with one attached hydrogen (secondary N) is 2. The summed E-state index contributed by atoms with van der Waals surface area (Å²) in [5.41, 5.74) is 0. The Balaban J connectivity index is 2.06. The Morgan fingerprint density at radius 2 is 2.29 bits per heavy atom. The number of amides is 1. The summed E-state index contributed by atoms with van der Waals surface area (Å²) < 4.78 is 5.17. The maximum absolute atomic E-state index is 11.5.